The minimum atomic E-state index is -1.14. The number of para-hydroxylation sites is 2. The maximum absolute atomic E-state index is 14.8. The van der Waals surface area contributed by atoms with Crippen LogP contribution in [0.25, 0.3) is 0 Å². The van der Waals surface area contributed by atoms with Gasteiger partial charge in [-0.2, -0.15) is 0 Å². The van der Waals surface area contributed by atoms with Crippen molar-refractivity contribution in [3.63, 3.8) is 0 Å². The number of methoxy groups -OCH3 is 1. The number of carbonyl (C=O) groups excluding carboxylic acids is 2. The van der Waals surface area contributed by atoms with Gasteiger partial charge in [-0.1, -0.05) is 42.5 Å². The van der Waals surface area contributed by atoms with Crippen LogP contribution in [0.5, 0.6) is 11.5 Å². The third-order valence-electron chi connectivity index (χ3n) is 8.65. The van der Waals surface area contributed by atoms with Gasteiger partial charge < -0.3 is 14.8 Å². The van der Waals surface area contributed by atoms with Gasteiger partial charge in [-0.15, -0.1) is 0 Å². The van der Waals surface area contributed by atoms with Gasteiger partial charge in [-0.25, -0.2) is 0 Å². The van der Waals surface area contributed by atoms with E-state index in [0.717, 1.165) is 42.0 Å². The molecule has 35 heavy (non-hydrogen) atoms. The number of hydrogen-bond donors (Lipinski definition) is 1. The van der Waals surface area contributed by atoms with Crippen molar-refractivity contribution in [3.8, 4) is 11.5 Å². The highest BCUT2D eigenvalue weighted by Crippen LogP contribution is 2.68. The molecule has 0 radical (unpaired) electrons. The normalized spacial score (nSPS) is 30.7. The molecule has 176 valence electrons. The van der Waals surface area contributed by atoms with Crippen LogP contribution in [0.4, 0.5) is 5.69 Å². The number of rotatable bonds is 2. The lowest BCUT2D eigenvalue weighted by atomic mass is 9.56. The average molecular weight is 467 g/mol. The fourth-order valence-electron chi connectivity index (χ4n) is 7.43. The molecule has 4 aliphatic rings. The number of ether oxygens (including phenoxy) is 2. The zero-order valence-electron chi connectivity index (χ0n) is 19.5. The van der Waals surface area contributed by atoms with Crippen LogP contribution in [0.15, 0.2) is 72.8 Å². The standard InChI is InChI=1S/C29H26N2O4/c1-34-19-14-12-18(13-15-19)25-23-10-6-16-31(23)29(21-8-3-4-9-22(21)30-27(29)33)28(25)17-35-24-11-5-2-7-20(24)26(28)32/h2-5,7-9,11-15,23,25H,6,10,16-17H2,1H3,(H,30,33)/t23-,25-,28-,29-/m1/s1. The van der Waals surface area contributed by atoms with Gasteiger partial charge in [0, 0.05) is 23.2 Å². The van der Waals surface area contributed by atoms with Gasteiger partial charge in [0.05, 0.1) is 12.7 Å². The highest BCUT2D eigenvalue weighted by atomic mass is 16.5. The summed E-state index contributed by atoms with van der Waals surface area (Å²) in [5.41, 5.74) is 0.995. The highest BCUT2D eigenvalue weighted by Gasteiger charge is 2.78. The number of Topliss-reactive ketones (excluding diaryl/α,β-unsaturated/α-hetero) is 1. The molecule has 0 aliphatic carbocycles. The fourth-order valence-corrected chi connectivity index (χ4v) is 7.43. The minimum Gasteiger partial charge on any atom is -0.497 e. The summed E-state index contributed by atoms with van der Waals surface area (Å²) in [6.07, 6.45) is 1.90. The molecule has 6 nitrogen and oxygen atoms in total. The van der Waals surface area contributed by atoms with Crippen molar-refractivity contribution in [1.82, 2.24) is 4.90 Å². The largest absolute Gasteiger partial charge is 0.497 e. The van der Waals surface area contributed by atoms with Crippen LogP contribution in [0.1, 0.15) is 40.2 Å². The Bertz CT molecular complexity index is 1370. The van der Waals surface area contributed by atoms with Crippen molar-refractivity contribution < 1.29 is 19.1 Å². The summed E-state index contributed by atoms with van der Waals surface area (Å²) >= 11 is 0. The SMILES string of the molecule is COc1ccc([C@@H]2[C@H]3CCCN3[C@]3(C(=O)Nc4ccccc43)[C@]23COc2ccccc2C3=O)cc1. The highest BCUT2D eigenvalue weighted by molar-refractivity contribution is 6.15. The minimum absolute atomic E-state index is 0.0126. The van der Waals surface area contributed by atoms with Gasteiger partial charge in [0.25, 0.3) is 5.91 Å². The molecule has 2 spiro atoms. The zero-order valence-corrected chi connectivity index (χ0v) is 19.5. The van der Waals surface area contributed by atoms with E-state index < -0.39 is 11.0 Å². The molecule has 7 rings (SSSR count). The summed E-state index contributed by atoms with van der Waals surface area (Å²) in [6.45, 7) is 0.907. The summed E-state index contributed by atoms with van der Waals surface area (Å²) in [4.78, 5) is 31.3. The summed E-state index contributed by atoms with van der Waals surface area (Å²) in [5.74, 6) is 0.998. The predicted molar refractivity (Wildman–Crippen MR) is 131 cm³/mol. The third-order valence-corrected chi connectivity index (χ3v) is 8.65. The number of amides is 1. The Balaban J connectivity index is 1.55. The second-order valence-electron chi connectivity index (χ2n) is 9.95. The molecule has 1 amide bonds. The summed E-state index contributed by atoms with van der Waals surface area (Å²) < 4.78 is 11.8. The Kier molecular flexibility index (Phi) is 4.25. The summed E-state index contributed by atoms with van der Waals surface area (Å²) in [7, 11) is 1.65. The van der Waals surface area contributed by atoms with Crippen LogP contribution in [-0.2, 0) is 10.3 Å². The number of nitrogens with one attached hydrogen (secondary N) is 1. The van der Waals surface area contributed by atoms with E-state index in [9.17, 15) is 9.59 Å². The number of carbonyl (C=O) groups is 2. The average Bonchev–Trinajstić information content (AvgIpc) is 3.54. The Morgan fingerprint density at radius 2 is 1.77 bits per heavy atom. The van der Waals surface area contributed by atoms with Crippen LogP contribution in [0, 0.1) is 5.41 Å². The smallest absolute Gasteiger partial charge is 0.250 e. The van der Waals surface area contributed by atoms with Gasteiger partial charge in [-0.05, 0) is 55.3 Å². The van der Waals surface area contributed by atoms with Crippen LogP contribution in [-0.4, -0.2) is 42.9 Å². The first-order chi connectivity index (χ1) is 17.1. The lowest BCUT2D eigenvalue weighted by Gasteiger charge is -2.48. The topological polar surface area (TPSA) is 67.9 Å². The molecule has 3 aromatic carbocycles. The van der Waals surface area contributed by atoms with E-state index in [-0.39, 0.29) is 30.3 Å². The van der Waals surface area contributed by atoms with Crippen LogP contribution >= 0.6 is 0 Å². The number of fused-ring (bicyclic) bond motifs is 6. The van der Waals surface area contributed by atoms with E-state index in [4.69, 9.17) is 9.47 Å². The molecular formula is C29H26N2O4. The molecule has 0 unspecified atom stereocenters. The van der Waals surface area contributed by atoms with Gasteiger partial charge in [-0.3, -0.25) is 14.5 Å². The van der Waals surface area contributed by atoms with Crippen molar-refractivity contribution in [1.29, 1.82) is 0 Å². The molecule has 0 bridgehead atoms. The second-order valence-corrected chi connectivity index (χ2v) is 9.95. The van der Waals surface area contributed by atoms with Gasteiger partial charge in [0.2, 0.25) is 0 Å². The predicted octanol–water partition coefficient (Wildman–Crippen LogP) is 4.37. The number of hydrogen-bond acceptors (Lipinski definition) is 5. The maximum Gasteiger partial charge on any atom is 0.250 e. The van der Waals surface area contributed by atoms with Crippen molar-refractivity contribution in [3.05, 3.63) is 89.5 Å². The molecule has 0 aromatic heterocycles. The fraction of sp³-hybridized carbons (Fsp3) is 0.310. The third kappa shape index (κ3) is 2.38. The van der Waals surface area contributed by atoms with E-state index in [1.807, 2.05) is 72.8 Å². The molecule has 0 saturated carbocycles. The number of ketones is 1. The van der Waals surface area contributed by atoms with Crippen molar-refractivity contribution in [2.75, 3.05) is 25.6 Å². The lowest BCUT2D eigenvalue weighted by Crippen LogP contribution is -2.63. The van der Waals surface area contributed by atoms with Crippen LogP contribution in [0.3, 0.4) is 0 Å². The van der Waals surface area contributed by atoms with Crippen molar-refractivity contribution in [2.45, 2.75) is 30.3 Å². The molecular weight excluding hydrogens is 440 g/mol. The summed E-state index contributed by atoms with van der Waals surface area (Å²) in [6, 6.07) is 23.3. The van der Waals surface area contributed by atoms with Crippen LogP contribution in [0.2, 0.25) is 0 Å². The van der Waals surface area contributed by atoms with Gasteiger partial charge >= 0.3 is 0 Å². The first kappa shape index (κ1) is 20.7. The molecule has 2 fully saturated rings. The number of nitrogens with zero attached hydrogens (tertiary/aromatic N) is 1. The summed E-state index contributed by atoms with van der Waals surface area (Å²) in [5, 5.41) is 3.14. The first-order valence-corrected chi connectivity index (χ1v) is 12.2. The van der Waals surface area contributed by atoms with E-state index in [2.05, 4.69) is 10.2 Å². The van der Waals surface area contributed by atoms with Crippen LogP contribution < -0.4 is 14.8 Å². The Labute approximate surface area is 203 Å². The Morgan fingerprint density at radius 1 is 1.00 bits per heavy atom. The Morgan fingerprint density at radius 3 is 2.60 bits per heavy atom. The molecule has 4 heterocycles. The Hall–Kier alpha value is -3.64. The van der Waals surface area contributed by atoms with E-state index in [1.54, 1.807) is 7.11 Å². The molecule has 3 aromatic rings. The maximum atomic E-state index is 14.8. The van der Waals surface area contributed by atoms with E-state index in [0.29, 0.717) is 11.3 Å². The van der Waals surface area contributed by atoms with Crippen molar-refractivity contribution >= 4 is 17.4 Å². The number of benzene rings is 3. The quantitative estimate of drug-likeness (QED) is 0.608. The second kappa shape index (κ2) is 7.18. The van der Waals surface area contributed by atoms with Crippen molar-refractivity contribution in [2.24, 2.45) is 5.41 Å². The van der Waals surface area contributed by atoms with E-state index >= 15 is 0 Å². The molecule has 4 atom stereocenters. The molecule has 6 heteroatoms. The monoisotopic (exact) mass is 466 g/mol. The first-order valence-electron chi connectivity index (χ1n) is 12.2. The van der Waals surface area contributed by atoms with E-state index in [1.165, 1.54) is 0 Å². The number of anilines is 1. The molecule has 4 aliphatic heterocycles. The van der Waals surface area contributed by atoms with Gasteiger partial charge in [0.1, 0.15) is 29.1 Å². The molecule has 2 saturated heterocycles. The van der Waals surface area contributed by atoms with Gasteiger partial charge in [0.15, 0.2) is 5.78 Å². The zero-order chi connectivity index (χ0) is 23.8. The molecule has 1 N–H and O–H groups in total. The lowest BCUT2D eigenvalue weighted by molar-refractivity contribution is -0.132.